The quantitative estimate of drug-likeness (QED) is 0.504. The average molecular weight is 370 g/mol. The summed E-state index contributed by atoms with van der Waals surface area (Å²) in [6, 6.07) is 13.9. The average Bonchev–Trinajstić information content (AvgIpc) is 3.23. The van der Waals surface area contributed by atoms with Gasteiger partial charge in [0.15, 0.2) is 0 Å². The summed E-state index contributed by atoms with van der Waals surface area (Å²) < 4.78 is 7.91. The minimum absolute atomic E-state index is 0.414. The molecule has 2 aromatic heterocycles. The van der Waals surface area contributed by atoms with Crippen molar-refractivity contribution in [2.24, 2.45) is 7.05 Å². The van der Waals surface area contributed by atoms with Crippen molar-refractivity contribution >= 4 is 34.0 Å². The first kappa shape index (κ1) is 16.1. The van der Waals surface area contributed by atoms with Crippen molar-refractivity contribution in [1.82, 2.24) is 14.5 Å². The highest BCUT2D eigenvalue weighted by Gasteiger charge is 2.09. The van der Waals surface area contributed by atoms with Gasteiger partial charge < -0.3 is 9.30 Å². The predicted molar refractivity (Wildman–Crippen MR) is 101 cm³/mol. The molecule has 0 unspecified atom stereocenters. The molecular weight excluding hydrogens is 354 g/mol. The molecule has 0 atom stereocenters. The van der Waals surface area contributed by atoms with Gasteiger partial charge in [0.25, 0.3) is 0 Å². The molecule has 2 aromatic carbocycles. The topological polar surface area (TPSA) is 39.9 Å². The van der Waals surface area contributed by atoms with Crippen molar-refractivity contribution in [3.8, 4) is 5.75 Å². The zero-order valence-electron chi connectivity index (χ0n) is 13.6. The van der Waals surface area contributed by atoms with Gasteiger partial charge in [0, 0.05) is 29.6 Å². The Labute approximate surface area is 154 Å². The molecule has 4 nitrogen and oxygen atoms in total. The molecule has 126 valence electrons. The van der Waals surface area contributed by atoms with Crippen LogP contribution in [0.4, 0.5) is 0 Å². The van der Waals surface area contributed by atoms with Crippen molar-refractivity contribution in [3.63, 3.8) is 0 Å². The van der Waals surface area contributed by atoms with Crippen molar-refractivity contribution in [3.05, 3.63) is 75.5 Å². The SMILES string of the molecule is Cn1c(COc2ccc(Cc3cncs3)cc2)nc2ccc(Cl)cc21. The maximum absolute atomic E-state index is 6.06. The molecule has 0 aliphatic heterocycles. The number of rotatable bonds is 5. The van der Waals surface area contributed by atoms with Gasteiger partial charge in [-0.15, -0.1) is 11.3 Å². The molecule has 0 saturated carbocycles. The Morgan fingerprint density at radius 1 is 1.16 bits per heavy atom. The first-order chi connectivity index (χ1) is 12.2. The van der Waals surface area contributed by atoms with Gasteiger partial charge in [0.2, 0.25) is 0 Å². The number of fused-ring (bicyclic) bond motifs is 1. The Morgan fingerprint density at radius 3 is 2.76 bits per heavy atom. The summed E-state index contributed by atoms with van der Waals surface area (Å²) in [5, 5.41) is 0.708. The van der Waals surface area contributed by atoms with E-state index in [1.807, 2.05) is 53.7 Å². The lowest BCUT2D eigenvalue weighted by Crippen LogP contribution is -2.03. The summed E-state index contributed by atoms with van der Waals surface area (Å²) in [6.45, 7) is 0.414. The summed E-state index contributed by atoms with van der Waals surface area (Å²) in [5.41, 5.74) is 5.03. The van der Waals surface area contributed by atoms with Gasteiger partial charge >= 0.3 is 0 Å². The van der Waals surface area contributed by atoms with Crippen LogP contribution < -0.4 is 4.74 Å². The number of hydrogen-bond donors (Lipinski definition) is 0. The van der Waals surface area contributed by atoms with Gasteiger partial charge in [-0.1, -0.05) is 23.7 Å². The van der Waals surface area contributed by atoms with E-state index in [9.17, 15) is 0 Å². The maximum atomic E-state index is 6.06. The molecule has 0 amide bonds. The van der Waals surface area contributed by atoms with E-state index in [2.05, 4.69) is 22.1 Å². The number of benzene rings is 2. The third-order valence-corrected chi connectivity index (χ3v) is 5.10. The van der Waals surface area contributed by atoms with Crippen molar-refractivity contribution in [2.75, 3.05) is 0 Å². The lowest BCUT2D eigenvalue weighted by atomic mass is 10.1. The highest BCUT2D eigenvalue weighted by atomic mass is 35.5. The minimum atomic E-state index is 0.414. The molecule has 0 aliphatic rings. The molecular formula is C19H16ClN3OS. The van der Waals surface area contributed by atoms with Crippen LogP contribution in [0.25, 0.3) is 11.0 Å². The fourth-order valence-electron chi connectivity index (χ4n) is 2.72. The molecule has 0 radical (unpaired) electrons. The Bertz CT molecular complexity index is 994. The number of imidazole rings is 1. The molecule has 0 N–H and O–H groups in total. The summed E-state index contributed by atoms with van der Waals surface area (Å²) >= 11 is 7.73. The number of ether oxygens (including phenoxy) is 1. The van der Waals surface area contributed by atoms with E-state index in [1.165, 1.54) is 10.4 Å². The molecule has 0 aliphatic carbocycles. The second kappa shape index (κ2) is 6.86. The highest BCUT2D eigenvalue weighted by molar-refractivity contribution is 7.09. The molecule has 4 rings (SSSR count). The largest absolute Gasteiger partial charge is 0.486 e. The Morgan fingerprint density at radius 2 is 2.00 bits per heavy atom. The van der Waals surface area contributed by atoms with Crippen LogP contribution in [0, 0.1) is 0 Å². The van der Waals surface area contributed by atoms with Gasteiger partial charge in [-0.25, -0.2) is 4.98 Å². The Kier molecular flexibility index (Phi) is 4.42. The van der Waals surface area contributed by atoms with Crippen LogP contribution in [0.2, 0.25) is 5.02 Å². The van der Waals surface area contributed by atoms with Crippen LogP contribution in [-0.2, 0) is 20.1 Å². The Balaban J connectivity index is 1.45. The first-order valence-electron chi connectivity index (χ1n) is 7.89. The van der Waals surface area contributed by atoms with Crippen molar-refractivity contribution in [2.45, 2.75) is 13.0 Å². The zero-order chi connectivity index (χ0) is 17.2. The lowest BCUT2D eigenvalue weighted by Gasteiger charge is -2.07. The molecule has 0 bridgehead atoms. The fourth-order valence-corrected chi connectivity index (χ4v) is 3.52. The first-order valence-corrected chi connectivity index (χ1v) is 9.15. The van der Waals surface area contributed by atoms with Crippen molar-refractivity contribution < 1.29 is 4.74 Å². The number of thiazole rings is 1. The number of hydrogen-bond acceptors (Lipinski definition) is 4. The molecule has 4 aromatic rings. The van der Waals surface area contributed by atoms with Crippen molar-refractivity contribution in [1.29, 1.82) is 0 Å². The number of halogens is 1. The van der Waals surface area contributed by atoms with Crippen LogP contribution >= 0.6 is 22.9 Å². The van der Waals surface area contributed by atoms with Crippen LogP contribution in [0.15, 0.2) is 54.2 Å². The van der Waals surface area contributed by atoms with E-state index >= 15 is 0 Å². The second-order valence-electron chi connectivity index (χ2n) is 5.80. The van der Waals surface area contributed by atoms with E-state index in [1.54, 1.807) is 11.3 Å². The zero-order valence-corrected chi connectivity index (χ0v) is 15.2. The van der Waals surface area contributed by atoms with Crippen LogP contribution in [-0.4, -0.2) is 14.5 Å². The second-order valence-corrected chi connectivity index (χ2v) is 7.20. The van der Waals surface area contributed by atoms with Gasteiger partial charge in [-0.05, 0) is 35.9 Å². The van der Waals surface area contributed by atoms with Gasteiger partial charge in [-0.3, -0.25) is 4.98 Å². The monoisotopic (exact) mass is 369 g/mol. The lowest BCUT2D eigenvalue weighted by molar-refractivity contribution is 0.292. The Hall–Kier alpha value is -2.37. The van der Waals surface area contributed by atoms with E-state index in [-0.39, 0.29) is 0 Å². The van der Waals surface area contributed by atoms with E-state index in [0.717, 1.165) is 29.0 Å². The smallest absolute Gasteiger partial charge is 0.147 e. The summed E-state index contributed by atoms with van der Waals surface area (Å²) in [6.07, 6.45) is 2.81. The van der Waals surface area contributed by atoms with E-state index < -0.39 is 0 Å². The maximum Gasteiger partial charge on any atom is 0.147 e. The number of nitrogens with zero attached hydrogens (tertiary/aromatic N) is 3. The van der Waals surface area contributed by atoms with E-state index in [0.29, 0.717) is 11.6 Å². The van der Waals surface area contributed by atoms with Crippen LogP contribution in [0.5, 0.6) is 5.75 Å². The normalized spacial score (nSPS) is 11.1. The predicted octanol–water partition coefficient (Wildman–Crippen LogP) is 4.85. The molecule has 25 heavy (non-hydrogen) atoms. The van der Waals surface area contributed by atoms with Crippen LogP contribution in [0.3, 0.4) is 0 Å². The fraction of sp³-hybridized carbons (Fsp3) is 0.158. The number of aromatic nitrogens is 3. The summed E-state index contributed by atoms with van der Waals surface area (Å²) in [7, 11) is 1.97. The summed E-state index contributed by atoms with van der Waals surface area (Å²) in [4.78, 5) is 9.97. The molecule has 0 saturated heterocycles. The molecule has 6 heteroatoms. The third kappa shape index (κ3) is 3.52. The minimum Gasteiger partial charge on any atom is -0.486 e. The van der Waals surface area contributed by atoms with Gasteiger partial charge in [0.05, 0.1) is 16.5 Å². The molecule has 0 spiro atoms. The molecule has 0 fully saturated rings. The molecule has 2 heterocycles. The van der Waals surface area contributed by atoms with Gasteiger partial charge in [0.1, 0.15) is 18.2 Å². The number of aryl methyl sites for hydroxylation is 1. The third-order valence-electron chi connectivity index (χ3n) is 4.09. The van der Waals surface area contributed by atoms with Gasteiger partial charge in [-0.2, -0.15) is 0 Å². The van der Waals surface area contributed by atoms with E-state index in [4.69, 9.17) is 16.3 Å². The summed E-state index contributed by atoms with van der Waals surface area (Å²) in [5.74, 6) is 1.70. The van der Waals surface area contributed by atoms with Crippen LogP contribution in [0.1, 0.15) is 16.3 Å². The highest BCUT2D eigenvalue weighted by Crippen LogP contribution is 2.21. The standard InChI is InChI=1S/C19H16ClN3OS/c1-23-18-9-14(20)4-7-17(18)22-19(23)11-24-15-5-2-13(3-6-15)8-16-10-21-12-25-16/h2-7,9-10,12H,8,11H2,1H3.